The van der Waals surface area contributed by atoms with Crippen molar-refractivity contribution in [1.29, 1.82) is 0 Å². The molecule has 2 nitrogen and oxygen atoms in total. The quantitative estimate of drug-likeness (QED) is 0.807. The van der Waals surface area contributed by atoms with Crippen LogP contribution in [0.25, 0.3) is 0 Å². The first-order valence-electron chi connectivity index (χ1n) is 6.49. The van der Waals surface area contributed by atoms with Crippen molar-refractivity contribution in [2.24, 2.45) is 4.99 Å². The van der Waals surface area contributed by atoms with Gasteiger partial charge in [0.25, 0.3) is 0 Å². The Labute approximate surface area is 125 Å². The zero-order valence-corrected chi connectivity index (χ0v) is 12.2. The number of aliphatic imine (C=N–C) groups is 1. The Bertz CT molecular complexity index is 715. The Morgan fingerprint density at radius 1 is 1.19 bits per heavy atom. The van der Waals surface area contributed by atoms with Gasteiger partial charge in [0.15, 0.2) is 0 Å². The van der Waals surface area contributed by atoms with E-state index in [2.05, 4.69) is 4.99 Å². The first-order chi connectivity index (χ1) is 10.1. The van der Waals surface area contributed by atoms with E-state index in [1.54, 1.807) is 0 Å². The molecule has 0 aliphatic carbocycles. The summed E-state index contributed by atoms with van der Waals surface area (Å²) < 4.78 is 32.3. The van der Waals surface area contributed by atoms with Crippen LogP contribution in [0.4, 0.5) is 14.5 Å². The van der Waals surface area contributed by atoms with Crippen LogP contribution in [0, 0.1) is 18.6 Å². The van der Waals surface area contributed by atoms with Gasteiger partial charge >= 0.3 is 0 Å². The van der Waals surface area contributed by atoms with Gasteiger partial charge in [-0.1, -0.05) is 6.07 Å². The first kappa shape index (κ1) is 14.1. The number of thioether (sulfide) groups is 1. The Kier molecular flexibility index (Phi) is 3.92. The fourth-order valence-corrected chi connectivity index (χ4v) is 2.87. The van der Waals surface area contributed by atoms with Crippen LogP contribution in [0.2, 0.25) is 0 Å². The van der Waals surface area contributed by atoms with E-state index in [0.29, 0.717) is 17.9 Å². The maximum absolute atomic E-state index is 13.6. The highest BCUT2D eigenvalue weighted by molar-refractivity contribution is 8.13. The van der Waals surface area contributed by atoms with Gasteiger partial charge in [-0.3, -0.25) is 0 Å². The van der Waals surface area contributed by atoms with E-state index in [-0.39, 0.29) is 0 Å². The fraction of sp³-hybridized carbons (Fsp3) is 0.188. The molecule has 3 rings (SSSR count). The second kappa shape index (κ2) is 5.85. The van der Waals surface area contributed by atoms with Crippen LogP contribution in [-0.4, -0.2) is 11.7 Å². The number of aryl methyl sites for hydroxylation is 1. The summed E-state index contributed by atoms with van der Waals surface area (Å²) in [6.07, 6.45) is 0. The van der Waals surface area contributed by atoms with E-state index in [1.165, 1.54) is 17.8 Å². The van der Waals surface area contributed by atoms with Crippen molar-refractivity contribution in [3.8, 4) is 5.75 Å². The monoisotopic (exact) mass is 305 g/mol. The summed E-state index contributed by atoms with van der Waals surface area (Å²) in [4.78, 5) is 4.49. The summed E-state index contributed by atoms with van der Waals surface area (Å²) in [7, 11) is 0. The molecule has 0 aromatic heterocycles. The molecule has 0 spiro atoms. The van der Waals surface area contributed by atoms with Gasteiger partial charge in [-0.25, -0.2) is 13.8 Å². The van der Waals surface area contributed by atoms with E-state index >= 15 is 0 Å². The molecule has 1 heterocycles. The maximum atomic E-state index is 13.6. The molecule has 21 heavy (non-hydrogen) atoms. The molecule has 0 unspecified atom stereocenters. The van der Waals surface area contributed by atoms with Crippen LogP contribution < -0.4 is 4.74 Å². The summed E-state index contributed by atoms with van der Waals surface area (Å²) in [5.74, 6) is 0.246. The van der Waals surface area contributed by atoms with E-state index in [1.807, 2.05) is 25.1 Å². The average Bonchev–Trinajstić information content (AvgIpc) is 2.48. The van der Waals surface area contributed by atoms with E-state index in [0.717, 1.165) is 34.2 Å². The van der Waals surface area contributed by atoms with Crippen molar-refractivity contribution in [3.05, 3.63) is 59.2 Å². The van der Waals surface area contributed by atoms with Crippen molar-refractivity contribution in [2.75, 3.05) is 6.61 Å². The Hall–Kier alpha value is -1.88. The molecular weight excluding hydrogens is 292 g/mol. The molecule has 0 saturated carbocycles. The Balaban J connectivity index is 1.74. The van der Waals surface area contributed by atoms with Crippen molar-refractivity contribution < 1.29 is 13.5 Å². The minimum absolute atomic E-state index is 0.326. The van der Waals surface area contributed by atoms with Crippen molar-refractivity contribution in [2.45, 2.75) is 12.7 Å². The van der Waals surface area contributed by atoms with Gasteiger partial charge in [0, 0.05) is 11.3 Å². The highest BCUT2D eigenvalue weighted by Crippen LogP contribution is 2.33. The molecule has 2 aromatic carbocycles. The summed E-state index contributed by atoms with van der Waals surface area (Å²) in [6.45, 7) is 2.35. The Morgan fingerprint density at radius 3 is 2.90 bits per heavy atom. The topological polar surface area (TPSA) is 21.6 Å². The molecule has 5 heteroatoms. The van der Waals surface area contributed by atoms with Gasteiger partial charge < -0.3 is 4.74 Å². The van der Waals surface area contributed by atoms with Gasteiger partial charge in [0.1, 0.15) is 34.7 Å². The van der Waals surface area contributed by atoms with Crippen LogP contribution >= 0.6 is 11.8 Å². The van der Waals surface area contributed by atoms with Crippen LogP contribution in [-0.2, 0) is 5.75 Å². The predicted molar refractivity (Wildman–Crippen MR) is 81.4 cm³/mol. The van der Waals surface area contributed by atoms with Gasteiger partial charge in [-0.05, 0) is 42.8 Å². The number of halogens is 2. The largest absolute Gasteiger partial charge is 0.484 e. The Morgan fingerprint density at radius 2 is 2.05 bits per heavy atom. The molecule has 1 aliphatic heterocycles. The number of nitrogens with zero attached hydrogens (tertiary/aromatic N) is 1. The van der Waals surface area contributed by atoms with E-state index in [4.69, 9.17) is 4.74 Å². The minimum atomic E-state index is -0.436. The molecule has 108 valence electrons. The average molecular weight is 305 g/mol. The highest BCUT2D eigenvalue weighted by Gasteiger charge is 2.14. The maximum Gasteiger partial charge on any atom is 0.145 e. The molecule has 0 fully saturated rings. The normalized spacial score (nSPS) is 13.4. The lowest BCUT2D eigenvalue weighted by Gasteiger charge is -2.17. The number of fused-ring (bicyclic) bond motifs is 1. The zero-order chi connectivity index (χ0) is 14.8. The van der Waals surface area contributed by atoms with Crippen LogP contribution in [0.5, 0.6) is 5.75 Å². The second-order valence-corrected chi connectivity index (χ2v) is 5.84. The lowest BCUT2D eigenvalue weighted by Crippen LogP contribution is -2.12. The smallest absolute Gasteiger partial charge is 0.145 e. The SMILES string of the molecule is Cc1ccc2c(c1)OCC(SCc1cc(F)ccc1F)=N2. The summed E-state index contributed by atoms with van der Waals surface area (Å²) in [5.41, 5.74) is 2.22. The lowest BCUT2D eigenvalue weighted by atomic mass is 10.2. The number of hydrogen-bond acceptors (Lipinski definition) is 3. The fourth-order valence-electron chi connectivity index (χ4n) is 2.02. The molecule has 2 aromatic rings. The van der Waals surface area contributed by atoms with E-state index < -0.39 is 11.6 Å². The van der Waals surface area contributed by atoms with Crippen LogP contribution in [0.3, 0.4) is 0 Å². The third-order valence-corrected chi connectivity index (χ3v) is 4.11. The van der Waals surface area contributed by atoms with E-state index in [9.17, 15) is 8.78 Å². The number of ether oxygens (including phenoxy) is 1. The molecule has 0 atom stereocenters. The van der Waals surface area contributed by atoms with Gasteiger partial charge in [0.05, 0.1) is 0 Å². The van der Waals surface area contributed by atoms with Gasteiger partial charge in [-0.2, -0.15) is 0 Å². The van der Waals surface area contributed by atoms with Gasteiger partial charge in [0.2, 0.25) is 0 Å². The third kappa shape index (κ3) is 3.24. The molecule has 0 bridgehead atoms. The summed E-state index contributed by atoms with van der Waals surface area (Å²) in [5, 5.41) is 0.759. The molecule has 0 radical (unpaired) electrons. The van der Waals surface area contributed by atoms with Crippen LogP contribution in [0.1, 0.15) is 11.1 Å². The lowest BCUT2D eigenvalue weighted by molar-refractivity contribution is 0.375. The van der Waals surface area contributed by atoms with Crippen molar-refractivity contribution in [1.82, 2.24) is 0 Å². The molecule has 0 saturated heterocycles. The number of benzene rings is 2. The zero-order valence-electron chi connectivity index (χ0n) is 11.4. The molecule has 0 amide bonds. The number of rotatable bonds is 2. The van der Waals surface area contributed by atoms with Crippen molar-refractivity contribution >= 4 is 22.5 Å². The number of hydrogen-bond donors (Lipinski definition) is 0. The molecule has 0 N–H and O–H groups in total. The summed E-state index contributed by atoms with van der Waals surface area (Å²) >= 11 is 1.36. The highest BCUT2D eigenvalue weighted by atomic mass is 32.2. The second-order valence-electron chi connectivity index (χ2n) is 4.79. The standard InChI is InChI=1S/C16H13F2NOS/c1-10-2-5-14-15(6-10)20-8-16(19-14)21-9-11-7-12(17)3-4-13(11)18/h2-7H,8-9H2,1H3. The van der Waals surface area contributed by atoms with Crippen molar-refractivity contribution in [3.63, 3.8) is 0 Å². The third-order valence-electron chi connectivity index (χ3n) is 3.11. The molecular formula is C16H13F2NOS. The summed E-state index contributed by atoms with van der Waals surface area (Å²) in [6, 6.07) is 9.26. The predicted octanol–water partition coefficient (Wildman–Crippen LogP) is 4.63. The van der Waals surface area contributed by atoms with Gasteiger partial charge in [-0.15, -0.1) is 11.8 Å². The first-order valence-corrected chi connectivity index (χ1v) is 7.48. The van der Waals surface area contributed by atoms with Crippen LogP contribution in [0.15, 0.2) is 41.4 Å². The minimum Gasteiger partial charge on any atom is -0.484 e. The molecule has 1 aliphatic rings.